The smallest absolute Gasteiger partial charge is 0.350 e. The first-order valence-electron chi connectivity index (χ1n) is 9.89. The third-order valence-electron chi connectivity index (χ3n) is 4.64. The number of nitro groups is 1. The molecule has 3 aromatic rings. The Hall–Kier alpha value is -5.10. The highest BCUT2D eigenvalue weighted by Gasteiger charge is 2.21. The lowest BCUT2D eigenvalue weighted by molar-refractivity contribution is -0.385. The summed E-state index contributed by atoms with van der Waals surface area (Å²) in [6.07, 6.45) is 1.33. The van der Waals surface area contributed by atoms with Crippen LogP contribution in [0.4, 0.5) is 11.4 Å². The number of nitrogens with one attached hydrogen (secondary N) is 1. The number of anilines is 1. The van der Waals surface area contributed by atoms with Crippen molar-refractivity contribution >= 4 is 35.1 Å². The van der Waals surface area contributed by atoms with E-state index in [0.29, 0.717) is 16.8 Å². The monoisotopic (exact) mass is 455 g/mol. The maximum atomic E-state index is 12.5. The molecule has 0 aromatic heterocycles. The van der Waals surface area contributed by atoms with Crippen LogP contribution < -0.4 is 10.1 Å². The van der Waals surface area contributed by atoms with Crippen molar-refractivity contribution in [2.45, 2.75) is 6.92 Å². The van der Waals surface area contributed by atoms with Gasteiger partial charge in [-0.3, -0.25) is 19.7 Å². The van der Waals surface area contributed by atoms with Crippen molar-refractivity contribution in [1.82, 2.24) is 0 Å². The van der Waals surface area contributed by atoms with Crippen LogP contribution in [0, 0.1) is 21.4 Å². The molecule has 0 bridgehead atoms. The van der Waals surface area contributed by atoms with Crippen molar-refractivity contribution in [3.8, 4) is 11.8 Å². The van der Waals surface area contributed by atoms with Crippen molar-refractivity contribution < 1.29 is 24.0 Å². The lowest BCUT2D eigenvalue weighted by Crippen LogP contribution is -2.15. The number of nitriles is 1. The minimum Gasteiger partial charge on any atom is -0.423 e. The maximum absolute atomic E-state index is 12.5. The number of para-hydroxylation sites is 2. The molecule has 3 aromatic carbocycles. The van der Waals surface area contributed by atoms with Crippen LogP contribution in [0.15, 0.2) is 78.4 Å². The van der Waals surface area contributed by atoms with Crippen molar-refractivity contribution in [2.75, 3.05) is 5.32 Å². The minimum atomic E-state index is -0.892. The van der Waals surface area contributed by atoms with Crippen molar-refractivity contribution in [1.29, 1.82) is 5.26 Å². The summed E-state index contributed by atoms with van der Waals surface area (Å²) >= 11 is 0. The molecule has 1 N–H and O–H groups in total. The first-order chi connectivity index (χ1) is 16.3. The number of Topliss-reactive ketones (excluding diaryl/α,β-unsaturated/α-hetero) is 1. The predicted octanol–water partition coefficient (Wildman–Crippen LogP) is 4.56. The average molecular weight is 455 g/mol. The molecule has 0 saturated carbocycles. The molecule has 0 atom stereocenters. The Kier molecular flexibility index (Phi) is 7.26. The van der Waals surface area contributed by atoms with Gasteiger partial charge in [-0.15, -0.1) is 0 Å². The number of rotatable bonds is 7. The number of ether oxygens (including phenoxy) is 1. The Morgan fingerprint density at radius 1 is 0.971 bits per heavy atom. The molecule has 168 valence electrons. The van der Waals surface area contributed by atoms with Crippen LogP contribution in [-0.4, -0.2) is 22.6 Å². The van der Waals surface area contributed by atoms with Gasteiger partial charge in [0.25, 0.3) is 11.6 Å². The van der Waals surface area contributed by atoms with Crippen LogP contribution in [0.5, 0.6) is 5.75 Å². The van der Waals surface area contributed by atoms with Crippen molar-refractivity contribution in [3.63, 3.8) is 0 Å². The Morgan fingerprint density at radius 3 is 2.21 bits per heavy atom. The number of ketones is 1. The van der Waals surface area contributed by atoms with E-state index < -0.39 is 16.8 Å². The molecule has 0 spiro atoms. The number of carbonyl (C=O) groups excluding carboxylic acids is 3. The summed E-state index contributed by atoms with van der Waals surface area (Å²) in [5, 5.41) is 23.1. The van der Waals surface area contributed by atoms with E-state index in [0.717, 1.165) is 0 Å². The second-order valence-corrected chi connectivity index (χ2v) is 6.96. The molecule has 0 radical (unpaired) electrons. The molecule has 1 amide bonds. The van der Waals surface area contributed by atoms with E-state index in [4.69, 9.17) is 4.74 Å². The molecule has 0 fully saturated rings. The van der Waals surface area contributed by atoms with E-state index in [1.165, 1.54) is 61.5 Å². The van der Waals surface area contributed by atoms with E-state index >= 15 is 0 Å². The van der Waals surface area contributed by atoms with Gasteiger partial charge >= 0.3 is 5.97 Å². The normalized spacial score (nSPS) is 10.6. The van der Waals surface area contributed by atoms with Crippen LogP contribution in [0.25, 0.3) is 6.08 Å². The van der Waals surface area contributed by atoms with Gasteiger partial charge in [0.2, 0.25) is 0 Å². The molecule has 0 aliphatic carbocycles. The van der Waals surface area contributed by atoms with E-state index in [9.17, 15) is 29.8 Å². The molecule has 34 heavy (non-hydrogen) atoms. The number of hydrogen-bond acceptors (Lipinski definition) is 7. The maximum Gasteiger partial charge on any atom is 0.350 e. The highest BCUT2D eigenvalue weighted by Crippen LogP contribution is 2.22. The zero-order valence-corrected chi connectivity index (χ0v) is 17.8. The number of benzene rings is 3. The Bertz CT molecular complexity index is 1350. The molecular formula is C25H17N3O6. The molecule has 0 unspecified atom stereocenters. The SMILES string of the molecule is CC(=O)c1ccccc1NC(=O)/C(C#N)=C\c1ccc(OC(=O)c2ccccc2[N+](=O)[O-])cc1. The Labute approximate surface area is 194 Å². The molecule has 0 saturated heterocycles. The van der Waals surface area contributed by atoms with Gasteiger partial charge in [0.1, 0.15) is 23.0 Å². The third-order valence-corrected chi connectivity index (χ3v) is 4.64. The van der Waals surface area contributed by atoms with E-state index in [1.807, 2.05) is 6.07 Å². The fraction of sp³-hybridized carbons (Fsp3) is 0.0400. The molecule has 9 nitrogen and oxygen atoms in total. The van der Waals surface area contributed by atoms with Crippen molar-refractivity contribution in [3.05, 3.63) is 105 Å². The van der Waals surface area contributed by atoms with Gasteiger partial charge in [0, 0.05) is 11.6 Å². The molecule has 3 rings (SSSR count). The van der Waals surface area contributed by atoms with E-state index in [2.05, 4.69) is 5.32 Å². The van der Waals surface area contributed by atoms with Gasteiger partial charge in [-0.2, -0.15) is 5.26 Å². The quantitative estimate of drug-likeness (QED) is 0.105. The first-order valence-corrected chi connectivity index (χ1v) is 9.89. The number of esters is 1. The first kappa shape index (κ1) is 23.6. The molecule has 9 heteroatoms. The highest BCUT2D eigenvalue weighted by molar-refractivity contribution is 6.12. The van der Waals surface area contributed by atoms with Crippen LogP contribution in [0.2, 0.25) is 0 Å². The molecule has 0 aliphatic rings. The lowest BCUT2D eigenvalue weighted by Gasteiger charge is -2.08. The summed E-state index contributed by atoms with van der Waals surface area (Å²) in [7, 11) is 0. The zero-order valence-electron chi connectivity index (χ0n) is 17.8. The van der Waals surface area contributed by atoms with Gasteiger partial charge in [0.05, 0.1) is 10.6 Å². The van der Waals surface area contributed by atoms with Crippen LogP contribution in [0.1, 0.15) is 33.2 Å². The number of nitrogens with zero attached hydrogens (tertiary/aromatic N) is 2. The van der Waals surface area contributed by atoms with Crippen molar-refractivity contribution in [2.24, 2.45) is 0 Å². The van der Waals surface area contributed by atoms with Gasteiger partial charge in [-0.05, 0) is 48.9 Å². The highest BCUT2D eigenvalue weighted by atomic mass is 16.6. The fourth-order valence-corrected chi connectivity index (χ4v) is 3.00. The number of hydrogen-bond donors (Lipinski definition) is 1. The second-order valence-electron chi connectivity index (χ2n) is 6.96. The minimum absolute atomic E-state index is 0.124. The van der Waals surface area contributed by atoms with E-state index in [1.54, 1.807) is 24.3 Å². The summed E-state index contributed by atoms with van der Waals surface area (Å²) < 4.78 is 5.20. The second kappa shape index (κ2) is 10.5. The van der Waals surface area contributed by atoms with Crippen LogP contribution in [-0.2, 0) is 4.79 Å². The van der Waals surface area contributed by atoms with Gasteiger partial charge < -0.3 is 10.1 Å². The van der Waals surface area contributed by atoms with Gasteiger partial charge in [-0.1, -0.05) is 36.4 Å². The Balaban J connectivity index is 1.75. The fourth-order valence-electron chi connectivity index (χ4n) is 3.00. The summed E-state index contributed by atoms with van der Waals surface area (Å²) in [5.74, 6) is -1.69. The van der Waals surface area contributed by atoms with Crippen LogP contribution >= 0.6 is 0 Å². The van der Waals surface area contributed by atoms with Crippen LogP contribution in [0.3, 0.4) is 0 Å². The summed E-state index contributed by atoms with van der Waals surface area (Å²) in [5.41, 5.74) is 0.310. The number of amides is 1. The summed E-state index contributed by atoms with van der Waals surface area (Å²) in [4.78, 5) is 47.0. The molecule has 0 aliphatic heterocycles. The third kappa shape index (κ3) is 5.57. The predicted molar refractivity (Wildman–Crippen MR) is 123 cm³/mol. The summed E-state index contributed by atoms with van der Waals surface area (Å²) in [6.45, 7) is 1.37. The number of nitro benzene ring substituents is 1. The lowest BCUT2D eigenvalue weighted by atomic mass is 10.1. The van der Waals surface area contributed by atoms with Gasteiger partial charge in [0.15, 0.2) is 5.78 Å². The van der Waals surface area contributed by atoms with Gasteiger partial charge in [-0.25, -0.2) is 4.79 Å². The molecule has 0 heterocycles. The summed E-state index contributed by atoms with van der Waals surface area (Å²) in [6, 6.07) is 19.6. The topological polar surface area (TPSA) is 139 Å². The standard InChI is InChI=1S/C25H17N3O6/c1-16(29)20-6-2-4-8-22(20)27-24(30)18(15-26)14-17-10-12-19(13-11-17)34-25(31)21-7-3-5-9-23(21)28(32)33/h2-14H,1H3,(H,27,30)/b18-14-. The van der Waals surface area contributed by atoms with E-state index in [-0.39, 0.29) is 28.4 Å². The zero-order chi connectivity index (χ0) is 24.7. The largest absolute Gasteiger partial charge is 0.423 e. The Morgan fingerprint density at radius 2 is 1.59 bits per heavy atom. The molecular weight excluding hydrogens is 438 g/mol. The average Bonchev–Trinajstić information content (AvgIpc) is 2.83. The number of carbonyl (C=O) groups is 3.